The summed E-state index contributed by atoms with van der Waals surface area (Å²) >= 11 is 0. The van der Waals surface area contributed by atoms with Crippen molar-refractivity contribution in [1.29, 1.82) is 0 Å². The van der Waals surface area contributed by atoms with Crippen molar-refractivity contribution in [2.24, 2.45) is 0 Å². The Morgan fingerprint density at radius 2 is 2.28 bits per heavy atom. The Bertz CT molecular complexity index is 551. The van der Waals surface area contributed by atoms with Gasteiger partial charge in [0.05, 0.1) is 17.9 Å². The number of carbonyl (C=O) groups is 1. The quantitative estimate of drug-likeness (QED) is 0.741. The van der Waals surface area contributed by atoms with Gasteiger partial charge in [0.15, 0.2) is 15.7 Å². The molecule has 0 N–H and O–H groups in total. The predicted octanol–water partition coefficient (Wildman–Crippen LogP) is -0.434. The molecule has 8 heteroatoms. The number of rotatable bonds is 3. The zero-order valence-electron chi connectivity index (χ0n) is 10.3. The minimum absolute atomic E-state index is 0.0321. The average molecular weight is 273 g/mol. The van der Waals surface area contributed by atoms with E-state index in [9.17, 15) is 13.2 Å². The molecule has 1 unspecified atom stereocenters. The summed E-state index contributed by atoms with van der Waals surface area (Å²) in [5.74, 6) is 0.726. The summed E-state index contributed by atoms with van der Waals surface area (Å²) in [6.45, 7) is 1.65. The first kappa shape index (κ1) is 13.0. The molecule has 0 aliphatic carbocycles. The third-order valence-electron chi connectivity index (χ3n) is 3.03. The number of sulfone groups is 1. The summed E-state index contributed by atoms with van der Waals surface area (Å²) in [5, 5.41) is 3.64. The lowest BCUT2D eigenvalue weighted by molar-refractivity contribution is -0.130. The van der Waals surface area contributed by atoms with Gasteiger partial charge in [-0.1, -0.05) is 5.16 Å². The van der Waals surface area contributed by atoms with Crippen molar-refractivity contribution in [2.45, 2.75) is 25.8 Å². The van der Waals surface area contributed by atoms with Gasteiger partial charge < -0.3 is 9.42 Å². The lowest BCUT2D eigenvalue weighted by atomic mass is 10.2. The molecule has 0 aromatic carbocycles. The summed E-state index contributed by atoms with van der Waals surface area (Å²) in [4.78, 5) is 17.3. The highest BCUT2D eigenvalue weighted by molar-refractivity contribution is 7.91. The smallest absolute Gasteiger partial charge is 0.230 e. The van der Waals surface area contributed by atoms with Crippen LogP contribution < -0.4 is 0 Å². The van der Waals surface area contributed by atoms with E-state index in [1.807, 2.05) is 0 Å². The van der Waals surface area contributed by atoms with Gasteiger partial charge in [-0.15, -0.1) is 0 Å². The third kappa shape index (κ3) is 2.87. The van der Waals surface area contributed by atoms with Crippen LogP contribution in [0.25, 0.3) is 0 Å². The molecule has 1 amide bonds. The number of nitrogens with zero attached hydrogens (tertiary/aromatic N) is 3. The maximum atomic E-state index is 11.9. The molecule has 0 radical (unpaired) electrons. The summed E-state index contributed by atoms with van der Waals surface area (Å²) in [7, 11) is -1.37. The standard InChI is InChI=1S/C10H15N3O4S/c1-7-11-9(12-17-7)5-10(14)13(2)8-3-4-18(15,16)6-8/h8H,3-6H2,1-2H3. The summed E-state index contributed by atoms with van der Waals surface area (Å²) in [5.41, 5.74) is 0. The Morgan fingerprint density at radius 1 is 1.56 bits per heavy atom. The molecular formula is C10H15N3O4S. The van der Waals surface area contributed by atoms with Crippen molar-refractivity contribution in [1.82, 2.24) is 15.0 Å². The molecule has 1 atom stereocenters. The van der Waals surface area contributed by atoms with Crippen molar-refractivity contribution >= 4 is 15.7 Å². The fourth-order valence-electron chi connectivity index (χ4n) is 1.96. The molecule has 0 spiro atoms. The van der Waals surface area contributed by atoms with Crippen LogP contribution in [-0.4, -0.2) is 54.0 Å². The van der Waals surface area contributed by atoms with Crippen LogP contribution in [-0.2, 0) is 21.1 Å². The van der Waals surface area contributed by atoms with Gasteiger partial charge >= 0.3 is 0 Å². The molecule has 0 bridgehead atoms. The summed E-state index contributed by atoms with van der Waals surface area (Å²) in [6, 6.07) is -0.240. The van der Waals surface area contributed by atoms with E-state index in [0.29, 0.717) is 18.1 Å². The van der Waals surface area contributed by atoms with Crippen LogP contribution in [0.1, 0.15) is 18.1 Å². The molecule has 7 nitrogen and oxygen atoms in total. The largest absolute Gasteiger partial charge is 0.341 e. The Morgan fingerprint density at radius 3 is 2.78 bits per heavy atom. The number of hydrogen-bond acceptors (Lipinski definition) is 6. The number of carbonyl (C=O) groups excluding carboxylic acids is 1. The van der Waals surface area contributed by atoms with Crippen molar-refractivity contribution in [3.63, 3.8) is 0 Å². The number of aryl methyl sites for hydroxylation is 1. The van der Waals surface area contributed by atoms with Crippen molar-refractivity contribution in [3.8, 4) is 0 Å². The van der Waals surface area contributed by atoms with Crippen LogP contribution in [0.15, 0.2) is 4.52 Å². The van der Waals surface area contributed by atoms with E-state index in [-0.39, 0.29) is 29.9 Å². The molecule has 1 aromatic rings. The van der Waals surface area contributed by atoms with Crippen molar-refractivity contribution in [3.05, 3.63) is 11.7 Å². The van der Waals surface area contributed by atoms with E-state index in [2.05, 4.69) is 10.1 Å². The first-order chi connectivity index (χ1) is 8.37. The molecule has 100 valence electrons. The van der Waals surface area contributed by atoms with Crippen LogP contribution in [0.3, 0.4) is 0 Å². The topological polar surface area (TPSA) is 93.4 Å². The molecule has 1 aliphatic rings. The summed E-state index contributed by atoms with van der Waals surface area (Å²) in [6.07, 6.45) is 0.528. The van der Waals surface area contributed by atoms with Crippen LogP contribution >= 0.6 is 0 Å². The molecule has 1 aromatic heterocycles. The Labute approximate surface area is 105 Å². The van der Waals surface area contributed by atoms with E-state index in [4.69, 9.17) is 4.52 Å². The highest BCUT2D eigenvalue weighted by Gasteiger charge is 2.32. The van der Waals surface area contributed by atoms with Crippen LogP contribution in [0.4, 0.5) is 0 Å². The van der Waals surface area contributed by atoms with E-state index >= 15 is 0 Å². The number of likely N-dealkylation sites (N-methyl/N-ethyl adjacent to an activating group) is 1. The summed E-state index contributed by atoms with van der Waals surface area (Å²) < 4.78 is 27.5. The maximum absolute atomic E-state index is 11.9. The Kier molecular flexibility index (Phi) is 3.38. The number of amides is 1. The van der Waals surface area contributed by atoms with Gasteiger partial charge in [-0.3, -0.25) is 4.79 Å². The lowest BCUT2D eigenvalue weighted by Gasteiger charge is -2.22. The fraction of sp³-hybridized carbons (Fsp3) is 0.700. The van der Waals surface area contributed by atoms with Gasteiger partial charge in [0.25, 0.3) is 0 Å². The predicted molar refractivity (Wildman–Crippen MR) is 62.6 cm³/mol. The highest BCUT2D eigenvalue weighted by atomic mass is 32.2. The minimum Gasteiger partial charge on any atom is -0.341 e. The molecule has 1 fully saturated rings. The molecule has 1 aliphatic heterocycles. The van der Waals surface area contributed by atoms with Crippen LogP contribution in [0.5, 0.6) is 0 Å². The monoisotopic (exact) mass is 273 g/mol. The van der Waals surface area contributed by atoms with Crippen LogP contribution in [0, 0.1) is 6.92 Å². The van der Waals surface area contributed by atoms with Gasteiger partial charge in [-0.05, 0) is 6.42 Å². The highest BCUT2D eigenvalue weighted by Crippen LogP contribution is 2.17. The van der Waals surface area contributed by atoms with E-state index in [1.54, 1.807) is 14.0 Å². The van der Waals surface area contributed by atoms with Gasteiger partial charge in [0.1, 0.15) is 0 Å². The van der Waals surface area contributed by atoms with E-state index in [1.165, 1.54) is 4.90 Å². The normalized spacial score (nSPS) is 22.0. The molecule has 18 heavy (non-hydrogen) atoms. The second kappa shape index (κ2) is 4.68. The zero-order chi connectivity index (χ0) is 13.3. The third-order valence-corrected chi connectivity index (χ3v) is 4.78. The van der Waals surface area contributed by atoms with Gasteiger partial charge in [0.2, 0.25) is 11.8 Å². The SMILES string of the molecule is Cc1nc(CC(=O)N(C)C2CCS(=O)(=O)C2)no1. The molecule has 1 saturated heterocycles. The van der Waals surface area contributed by atoms with Crippen molar-refractivity contribution in [2.75, 3.05) is 18.6 Å². The average Bonchev–Trinajstić information content (AvgIpc) is 2.83. The van der Waals surface area contributed by atoms with E-state index in [0.717, 1.165) is 0 Å². The number of hydrogen-bond donors (Lipinski definition) is 0. The molecule has 2 heterocycles. The number of aromatic nitrogens is 2. The molecule has 2 rings (SSSR count). The van der Waals surface area contributed by atoms with Gasteiger partial charge in [0, 0.05) is 20.0 Å². The minimum atomic E-state index is -2.99. The van der Waals surface area contributed by atoms with Gasteiger partial charge in [-0.25, -0.2) is 8.42 Å². The maximum Gasteiger partial charge on any atom is 0.230 e. The first-order valence-electron chi connectivity index (χ1n) is 5.62. The second-order valence-electron chi connectivity index (χ2n) is 4.47. The fourth-order valence-corrected chi connectivity index (χ4v) is 3.73. The van der Waals surface area contributed by atoms with E-state index < -0.39 is 9.84 Å². The Balaban J connectivity index is 1.97. The Hall–Kier alpha value is -1.44. The molecule has 0 saturated carbocycles. The van der Waals surface area contributed by atoms with Gasteiger partial charge in [-0.2, -0.15) is 4.98 Å². The van der Waals surface area contributed by atoms with Crippen molar-refractivity contribution < 1.29 is 17.7 Å². The zero-order valence-corrected chi connectivity index (χ0v) is 11.1. The second-order valence-corrected chi connectivity index (χ2v) is 6.70. The lowest BCUT2D eigenvalue weighted by Crippen LogP contribution is -2.38. The van der Waals surface area contributed by atoms with Crippen LogP contribution in [0.2, 0.25) is 0 Å². The first-order valence-corrected chi connectivity index (χ1v) is 7.45. The molecular weight excluding hydrogens is 258 g/mol.